The molecule has 19 heavy (non-hydrogen) atoms. The molecule has 1 aliphatic carbocycles. The maximum absolute atomic E-state index is 12.2. The van der Waals surface area contributed by atoms with Gasteiger partial charge in [0.2, 0.25) is 0 Å². The molecule has 0 atom stereocenters. The molecule has 0 radical (unpaired) electrons. The molecule has 1 saturated carbocycles. The van der Waals surface area contributed by atoms with Gasteiger partial charge in [-0.25, -0.2) is 18.1 Å². The second-order valence-corrected chi connectivity index (χ2v) is 7.27. The van der Waals surface area contributed by atoms with Crippen LogP contribution < -0.4 is 4.72 Å². The van der Waals surface area contributed by atoms with E-state index in [4.69, 9.17) is 11.6 Å². The number of aryl methyl sites for hydroxylation is 2. The van der Waals surface area contributed by atoms with Gasteiger partial charge in [0.05, 0.1) is 0 Å². The van der Waals surface area contributed by atoms with E-state index in [-0.39, 0.29) is 10.4 Å². The molecule has 5 nitrogen and oxygen atoms in total. The van der Waals surface area contributed by atoms with E-state index in [1.807, 2.05) is 11.5 Å². The van der Waals surface area contributed by atoms with Gasteiger partial charge in [-0.1, -0.05) is 0 Å². The smallest absolute Gasteiger partial charge is 0.259 e. The van der Waals surface area contributed by atoms with Gasteiger partial charge in [0.1, 0.15) is 5.82 Å². The van der Waals surface area contributed by atoms with Gasteiger partial charge in [0, 0.05) is 25.2 Å². The normalized spacial score (nSPS) is 17.6. The highest BCUT2D eigenvalue weighted by Gasteiger charge is 2.42. The summed E-state index contributed by atoms with van der Waals surface area (Å²) < 4.78 is 28.8. The first-order chi connectivity index (χ1) is 8.92. The molecule has 108 valence electrons. The molecule has 0 aliphatic heterocycles. The van der Waals surface area contributed by atoms with Crippen molar-refractivity contribution in [3.8, 4) is 0 Å². The molecular formula is C12H20ClN3O2S. The molecule has 0 aromatic carbocycles. The fourth-order valence-corrected chi connectivity index (χ4v) is 3.71. The summed E-state index contributed by atoms with van der Waals surface area (Å²) in [5.74, 6) is 1.29. The van der Waals surface area contributed by atoms with E-state index in [1.165, 1.54) is 0 Å². The summed E-state index contributed by atoms with van der Waals surface area (Å²) in [7, 11) is -3.51. The number of rotatable bonds is 7. The standard InChI is InChI=1S/C12H20ClN3O2S/c1-3-16-8-11(15-10(16)2)19(17,18)14-9-12(4-5-12)6-7-13/h8,14H,3-7,9H2,1-2H3. The molecular weight excluding hydrogens is 286 g/mol. The van der Waals surface area contributed by atoms with Crippen molar-refractivity contribution >= 4 is 21.6 Å². The Hall–Kier alpha value is -0.590. The average Bonchev–Trinajstić information content (AvgIpc) is 3.02. The van der Waals surface area contributed by atoms with Crippen molar-refractivity contribution in [3.63, 3.8) is 0 Å². The Morgan fingerprint density at radius 3 is 2.68 bits per heavy atom. The van der Waals surface area contributed by atoms with Crippen LogP contribution in [0, 0.1) is 12.3 Å². The van der Waals surface area contributed by atoms with Crippen LogP contribution in [0.25, 0.3) is 0 Å². The first kappa shape index (κ1) is 14.8. The Balaban J connectivity index is 2.06. The summed E-state index contributed by atoms with van der Waals surface area (Å²) in [5, 5.41) is 0.105. The van der Waals surface area contributed by atoms with Crippen molar-refractivity contribution in [1.29, 1.82) is 0 Å². The molecule has 0 unspecified atom stereocenters. The Bertz CT molecular complexity index is 549. The van der Waals surface area contributed by atoms with Gasteiger partial charge in [-0.3, -0.25) is 0 Å². The molecule has 1 N–H and O–H groups in total. The minimum Gasteiger partial charge on any atom is -0.334 e. The molecule has 0 saturated heterocycles. The lowest BCUT2D eigenvalue weighted by Crippen LogP contribution is -2.30. The van der Waals surface area contributed by atoms with Crippen molar-refractivity contribution in [2.24, 2.45) is 5.41 Å². The second kappa shape index (κ2) is 5.42. The van der Waals surface area contributed by atoms with Gasteiger partial charge in [-0.15, -0.1) is 11.6 Å². The SMILES string of the molecule is CCn1cc(S(=O)(=O)NCC2(CCCl)CC2)nc1C. The summed E-state index contributed by atoms with van der Waals surface area (Å²) in [6.07, 6.45) is 4.54. The van der Waals surface area contributed by atoms with Gasteiger partial charge in [-0.05, 0) is 38.5 Å². The molecule has 1 aromatic rings. The number of imidazole rings is 1. The predicted molar refractivity (Wildman–Crippen MR) is 74.8 cm³/mol. The first-order valence-electron chi connectivity index (χ1n) is 6.52. The Morgan fingerprint density at radius 1 is 1.53 bits per heavy atom. The van der Waals surface area contributed by atoms with Crippen molar-refractivity contribution < 1.29 is 8.42 Å². The van der Waals surface area contributed by atoms with Crippen molar-refractivity contribution in [2.45, 2.75) is 44.7 Å². The van der Waals surface area contributed by atoms with Gasteiger partial charge >= 0.3 is 0 Å². The third-order valence-corrected chi connectivity index (χ3v) is 5.25. The van der Waals surface area contributed by atoms with Crippen LogP contribution >= 0.6 is 11.6 Å². The molecule has 7 heteroatoms. The lowest BCUT2D eigenvalue weighted by molar-refractivity contribution is 0.477. The lowest BCUT2D eigenvalue weighted by atomic mass is 10.1. The van der Waals surface area contributed by atoms with Crippen LogP contribution in [0.1, 0.15) is 32.0 Å². The zero-order valence-electron chi connectivity index (χ0n) is 11.3. The zero-order chi connectivity index (χ0) is 14.1. The van der Waals surface area contributed by atoms with Gasteiger partial charge in [-0.2, -0.15) is 0 Å². The average molecular weight is 306 g/mol. The fraction of sp³-hybridized carbons (Fsp3) is 0.750. The first-order valence-corrected chi connectivity index (χ1v) is 8.54. The van der Waals surface area contributed by atoms with Crippen molar-refractivity contribution in [2.75, 3.05) is 12.4 Å². The van der Waals surface area contributed by atoms with Crippen LogP contribution in [0.15, 0.2) is 11.2 Å². The quantitative estimate of drug-likeness (QED) is 0.783. The number of sulfonamides is 1. The summed E-state index contributed by atoms with van der Waals surface area (Å²) in [6, 6.07) is 0. The third-order valence-electron chi connectivity index (χ3n) is 3.79. The number of halogens is 1. The van der Waals surface area contributed by atoms with E-state index in [0.29, 0.717) is 24.8 Å². The Labute approximate surface area is 119 Å². The minimum atomic E-state index is -3.51. The number of hydrogen-bond donors (Lipinski definition) is 1. The monoisotopic (exact) mass is 305 g/mol. The summed E-state index contributed by atoms with van der Waals surface area (Å²) in [4.78, 5) is 4.11. The number of nitrogens with zero attached hydrogens (tertiary/aromatic N) is 2. The Morgan fingerprint density at radius 2 is 2.21 bits per heavy atom. The van der Waals surface area contributed by atoms with Crippen LogP contribution in [-0.2, 0) is 16.6 Å². The highest BCUT2D eigenvalue weighted by molar-refractivity contribution is 7.89. The molecule has 0 spiro atoms. The minimum absolute atomic E-state index is 0.0805. The molecule has 0 bridgehead atoms. The largest absolute Gasteiger partial charge is 0.334 e. The maximum atomic E-state index is 12.2. The summed E-state index contributed by atoms with van der Waals surface area (Å²) in [5.41, 5.74) is 0.0805. The van der Waals surface area contributed by atoms with E-state index in [0.717, 1.165) is 19.3 Å². The topological polar surface area (TPSA) is 64.0 Å². The van der Waals surface area contributed by atoms with E-state index in [9.17, 15) is 8.42 Å². The molecule has 1 fully saturated rings. The van der Waals surface area contributed by atoms with Crippen LogP contribution in [0.4, 0.5) is 0 Å². The highest BCUT2D eigenvalue weighted by Crippen LogP contribution is 2.48. The highest BCUT2D eigenvalue weighted by atomic mass is 35.5. The van der Waals surface area contributed by atoms with Crippen molar-refractivity contribution in [3.05, 3.63) is 12.0 Å². The molecule has 0 amide bonds. The van der Waals surface area contributed by atoms with Crippen molar-refractivity contribution in [1.82, 2.24) is 14.3 Å². The van der Waals surface area contributed by atoms with Gasteiger partial charge < -0.3 is 4.57 Å². The zero-order valence-corrected chi connectivity index (χ0v) is 12.9. The third kappa shape index (κ3) is 3.30. The summed E-state index contributed by atoms with van der Waals surface area (Å²) in [6.45, 7) is 4.93. The van der Waals surface area contributed by atoms with Gasteiger partial charge in [0.25, 0.3) is 10.0 Å². The number of nitrogens with one attached hydrogen (secondary N) is 1. The Kier molecular flexibility index (Phi) is 4.23. The summed E-state index contributed by atoms with van der Waals surface area (Å²) >= 11 is 5.74. The second-order valence-electron chi connectivity index (χ2n) is 5.18. The van der Waals surface area contributed by atoms with Crippen LogP contribution in [0.3, 0.4) is 0 Å². The number of alkyl halides is 1. The molecule has 1 aromatic heterocycles. The van der Waals surface area contributed by atoms with Crippen LogP contribution in [0.5, 0.6) is 0 Å². The van der Waals surface area contributed by atoms with Crippen LogP contribution in [-0.4, -0.2) is 30.4 Å². The fourth-order valence-electron chi connectivity index (χ4n) is 2.14. The van der Waals surface area contributed by atoms with E-state index in [1.54, 1.807) is 13.1 Å². The van der Waals surface area contributed by atoms with Gasteiger partial charge in [0.15, 0.2) is 5.03 Å². The molecule has 1 aliphatic rings. The van der Waals surface area contributed by atoms with E-state index >= 15 is 0 Å². The lowest BCUT2D eigenvalue weighted by Gasteiger charge is -2.13. The predicted octanol–water partition coefficient (Wildman–Crippen LogP) is 1.90. The van der Waals surface area contributed by atoms with E-state index in [2.05, 4.69) is 9.71 Å². The van der Waals surface area contributed by atoms with E-state index < -0.39 is 10.0 Å². The number of hydrogen-bond acceptors (Lipinski definition) is 3. The van der Waals surface area contributed by atoms with Crippen LogP contribution in [0.2, 0.25) is 0 Å². The molecule has 1 heterocycles. The maximum Gasteiger partial charge on any atom is 0.259 e. The molecule has 2 rings (SSSR count). The number of aromatic nitrogens is 2.